The molecule has 0 amide bonds. The SMILES string of the molecule is O=S(=O)(Nc1ccc(N2CCCCC2)cc1)c1ccc(F)c(F)c1F. The Morgan fingerprint density at radius 3 is 2.12 bits per heavy atom. The van der Waals surface area contributed by atoms with Crippen molar-refractivity contribution in [1.29, 1.82) is 0 Å². The molecule has 1 heterocycles. The molecule has 134 valence electrons. The summed E-state index contributed by atoms with van der Waals surface area (Å²) < 4.78 is 66.6. The van der Waals surface area contributed by atoms with Crippen LogP contribution in [0.4, 0.5) is 24.5 Å². The van der Waals surface area contributed by atoms with Crippen LogP contribution in [0, 0.1) is 17.5 Å². The van der Waals surface area contributed by atoms with E-state index >= 15 is 0 Å². The first-order chi connectivity index (χ1) is 11.9. The first kappa shape index (κ1) is 17.6. The van der Waals surface area contributed by atoms with E-state index in [2.05, 4.69) is 9.62 Å². The summed E-state index contributed by atoms with van der Waals surface area (Å²) in [6.07, 6.45) is 3.43. The molecule has 0 unspecified atom stereocenters. The van der Waals surface area contributed by atoms with Gasteiger partial charge < -0.3 is 4.90 Å². The molecule has 1 saturated heterocycles. The van der Waals surface area contributed by atoms with Crippen molar-refractivity contribution >= 4 is 21.4 Å². The van der Waals surface area contributed by atoms with E-state index in [9.17, 15) is 21.6 Å². The van der Waals surface area contributed by atoms with Gasteiger partial charge in [0.2, 0.25) is 0 Å². The normalized spacial score (nSPS) is 15.2. The van der Waals surface area contributed by atoms with Crippen LogP contribution >= 0.6 is 0 Å². The monoisotopic (exact) mass is 370 g/mol. The molecule has 0 atom stereocenters. The molecule has 25 heavy (non-hydrogen) atoms. The van der Waals surface area contributed by atoms with E-state index in [0.717, 1.165) is 31.6 Å². The number of halogens is 3. The molecule has 0 aliphatic carbocycles. The van der Waals surface area contributed by atoms with Gasteiger partial charge in [-0.1, -0.05) is 0 Å². The Morgan fingerprint density at radius 1 is 0.840 bits per heavy atom. The van der Waals surface area contributed by atoms with Crippen molar-refractivity contribution in [3.05, 3.63) is 53.8 Å². The van der Waals surface area contributed by atoms with Gasteiger partial charge >= 0.3 is 0 Å². The first-order valence-corrected chi connectivity index (χ1v) is 9.38. The van der Waals surface area contributed by atoms with Gasteiger partial charge in [-0.25, -0.2) is 21.6 Å². The summed E-state index contributed by atoms with van der Waals surface area (Å²) in [5.74, 6) is -5.00. The van der Waals surface area contributed by atoms with Crippen molar-refractivity contribution in [3.63, 3.8) is 0 Å². The van der Waals surface area contributed by atoms with E-state index in [4.69, 9.17) is 0 Å². The lowest BCUT2D eigenvalue weighted by molar-refractivity contribution is 0.432. The molecule has 4 nitrogen and oxygen atoms in total. The third kappa shape index (κ3) is 3.73. The molecule has 2 aromatic carbocycles. The van der Waals surface area contributed by atoms with Gasteiger partial charge in [0.05, 0.1) is 0 Å². The fourth-order valence-corrected chi connectivity index (χ4v) is 3.95. The van der Waals surface area contributed by atoms with Crippen LogP contribution in [0.2, 0.25) is 0 Å². The molecule has 1 aliphatic heterocycles. The van der Waals surface area contributed by atoms with Crippen LogP contribution in [-0.4, -0.2) is 21.5 Å². The number of hydrogen-bond acceptors (Lipinski definition) is 3. The molecular weight excluding hydrogens is 353 g/mol. The number of benzene rings is 2. The maximum atomic E-state index is 13.7. The second kappa shape index (κ2) is 6.95. The van der Waals surface area contributed by atoms with Crippen molar-refractivity contribution in [1.82, 2.24) is 0 Å². The molecule has 0 saturated carbocycles. The molecule has 1 N–H and O–H groups in total. The summed E-state index contributed by atoms with van der Waals surface area (Å²) in [5, 5.41) is 0. The summed E-state index contributed by atoms with van der Waals surface area (Å²) in [4.78, 5) is 1.27. The lowest BCUT2D eigenvalue weighted by atomic mass is 10.1. The van der Waals surface area contributed by atoms with Crippen molar-refractivity contribution in [2.75, 3.05) is 22.7 Å². The molecule has 8 heteroatoms. The highest BCUT2D eigenvalue weighted by Gasteiger charge is 2.24. The molecule has 1 fully saturated rings. The van der Waals surface area contributed by atoms with Crippen molar-refractivity contribution < 1.29 is 21.6 Å². The largest absolute Gasteiger partial charge is 0.372 e. The van der Waals surface area contributed by atoms with Crippen molar-refractivity contribution in [2.24, 2.45) is 0 Å². The number of nitrogens with one attached hydrogen (secondary N) is 1. The van der Waals surface area contributed by atoms with Crippen LogP contribution in [0.15, 0.2) is 41.3 Å². The van der Waals surface area contributed by atoms with E-state index in [-0.39, 0.29) is 5.69 Å². The van der Waals surface area contributed by atoms with Crippen LogP contribution in [0.3, 0.4) is 0 Å². The Morgan fingerprint density at radius 2 is 1.48 bits per heavy atom. The molecule has 1 aliphatic rings. The van der Waals surface area contributed by atoms with Gasteiger partial charge in [-0.05, 0) is 55.7 Å². The Balaban J connectivity index is 1.80. The minimum Gasteiger partial charge on any atom is -0.372 e. The van der Waals surface area contributed by atoms with Gasteiger partial charge in [0, 0.05) is 24.5 Å². The predicted molar refractivity (Wildman–Crippen MR) is 89.6 cm³/mol. The lowest BCUT2D eigenvalue weighted by Crippen LogP contribution is -2.29. The minimum atomic E-state index is -4.37. The molecule has 0 spiro atoms. The number of piperidine rings is 1. The summed E-state index contributed by atoms with van der Waals surface area (Å²) in [6, 6.07) is 7.92. The van der Waals surface area contributed by atoms with Gasteiger partial charge in [0.15, 0.2) is 17.5 Å². The lowest BCUT2D eigenvalue weighted by Gasteiger charge is -2.28. The van der Waals surface area contributed by atoms with E-state index in [1.54, 1.807) is 24.3 Å². The van der Waals surface area contributed by atoms with Gasteiger partial charge in [0.25, 0.3) is 10.0 Å². The Kier molecular flexibility index (Phi) is 4.89. The standard InChI is InChI=1S/C17H17F3N2O2S/c18-14-8-9-15(17(20)16(14)19)25(23,24)21-12-4-6-13(7-5-12)22-10-2-1-3-11-22/h4-9,21H,1-3,10-11H2. The number of nitrogens with zero attached hydrogens (tertiary/aromatic N) is 1. The zero-order chi connectivity index (χ0) is 18.0. The van der Waals surface area contributed by atoms with Gasteiger partial charge in [-0.15, -0.1) is 0 Å². The topological polar surface area (TPSA) is 49.4 Å². The predicted octanol–water partition coefficient (Wildman–Crippen LogP) is 3.90. The Bertz CT molecular complexity index is 864. The smallest absolute Gasteiger partial charge is 0.264 e. The van der Waals surface area contributed by atoms with Crippen LogP contribution in [0.1, 0.15) is 19.3 Å². The summed E-state index contributed by atoms with van der Waals surface area (Å²) >= 11 is 0. The summed E-state index contributed by atoms with van der Waals surface area (Å²) in [6.45, 7) is 1.90. The average Bonchev–Trinajstić information content (AvgIpc) is 2.60. The molecule has 2 aromatic rings. The third-order valence-corrected chi connectivity index (χ3v) is 5.53. The average molecular weight is 370 g/mol. The quantitative estimate of drug-likeness (QED) is 0.831. The number of sulfonamides is 1. The van der Waals surface area contributed by atoms with Gasteiger partial charge in [0.1, 0.15) is 4.90 Å². The van der Waals surface area contributed by atoms with Crippen LogP contribution in [0.25, 0.3) is 0 Å². The highest BCUT2D eigenvalue weighted by molar-refractivity contribution is 7.92. The zero-order valence-electron chi connectivity index (χ0n) is 13.3. The highest BCUT2D eigenvalue weighted by Crippen LogP contribution is 2.25. The van der Waals surface area contributed by atoms with E-state index in [1.165, 1.54) is 6.42 Å². The van der Waals surface area contributed by atoms with Crippen LogP contribution in [-0.2, 0) is 10.0 Å². The molecule has 0 radical (unpaired) electrons. The van der Waals surface area contributed by atoms with Crippen molar-refractivity contribution in [3.8, 4) is 0 Å². The second-order valence-electron chi connectivity index (χ2n) is 5.87. The number of anilines is 2. The Labute approximate surface area is 144 Å². The zero-order valence-corrected chi connectivity index (χ0v) is 14.1. The number of rotatable bonds is 4. The maximum Gasteiger partial charge on any atom is 0.264 e. The van der Waals surface area contributed by atoms with E-state index in [0.29, 0.717) is 12.1 Å². The van der Waals surface area contributed by atoms with Gasteiger partial charge in [-0.2, -0.15) is 0 Å². The molecule has 0 aromatic heterocycles. The fraction of sp³-hybridized carbons (Fsp3) is 0.294. The molecular formula is C17H17F3N2O2S. The molecule has 0 bridgehead atoms. The van der Waals surface area contributed by atoms with Gasteiger partial charge in [-0.3, -0.25) is 4.72 Å². The molecule has 3 rings (SSSR count). The van der Waals surface area contributed by atoms with Crippen LogP contribution in [0.5, 0.6) is 0 Å². The third-order valence-electron chi connectivity index (χ3n) is 4.13. The van der Waals surface area contributed by atoms with E-state index < -0.39 is 32.4 Å². The maximum absolute atomic E-state index is 13.7. The van der Waals surface area contributed by atoms with E-state index in [1.807, 2.05) is 0 Å². The summed E-state index contributed by atoms with van der Waals surface area (Å²) in [5.41, 5.74) is 1.19. The minimum absolute atomic E-state index is 0.213. The second-order valence-corrected chi connectivity index (χ2v) is 7.52. The highest BCUT2D eigenvalue weighted by atomic mass is 32.2. The summed E-state index contributed by atoms with van der Waals surface area (Å²) in [7, 11) is -4.37. The van der Waals surface area contributed by atoms with Crippen LogP contribution < -0.4 is 9.62 Å². The first-order valence-electron chi connectivity index (χ1n) is 7.90. The van der Waals surface area contributed by atoms with Crippen molar-refractivity contribution in [2.45, 2.75) is 24.2 Å². The number of hydrogen-bond donors (Lipinski definition) is 1. The fourth-order valence-electron chi connectivity index (χ4n) is 2.82. The Hall–Kier alpha value is -2.22.